The minimum atomic E-state index is -0.441. The highest BCUT2D eigenvalue weighted by molar-refractivity contribution is 6.03. The summed E-state index contributed by atoms with van der Waals surface area (Å²) in [7, 11) is 0. The molecule has 3 N–H and O–H groups in total. The number of aromatic nitrogens is 4. The van der Waals surface area contributed by atoms with E-state index in [0.717, 1.165) is 5.56 Å². The summed E-state index contributed by atoms with van der Waals surface area (Å²) in [6, 6.07) is 3.20. The van der Waals surface area contributed by atoms with Gasteiger partial charge in [0.05, 0.1) is 29.2 Å². The van der Waals surface area contributed by atoms with Crippen LogP contribution in [0.5, 0.6) is 0 Å². The Labute approximate surface area is 196 Å². The number of nitrogens with one attached hydrogen (secondary N) is 3. The zero-order chi connectivity index (χ0) is 24.2. The van der Waals surface area contributed by atoms with E-state index in [9.17, 15) is 9.59 Å². The highest BCUT2D eigenvalue weighted by atomic mass is 16.4. The highest BCUT2D eigenvalue weighted by Crippen LogP contribution is 2.29. The summed E-state index contributed by atoms with van der Waals surface area (Å²) in [4.78, 5) is 30.8. The van der Waals surface area contributed by atoms with Crippen LogP contribution in [0, 0.1) is 0 Å². The maximum Gasteiger partial charge on any atom is 0.317 e. The van der Waals surface area contributed by atoms with Crippen molar-refractivity contribution in [3.8, 4) is 11.3 Å². The number of carbonyl (C=O) groups excluding carboxylic acids is 2. The van der Waals surface area contributed by atoms with Crippen molar-refractivity contribution in [2.45, 2.75) is 25.9 Å². The van der Waals surface area contributed by atoms with E-state index in [1.807, 2.05) is 13.8 Å². The Morgan fingerprint density at radius 2 is 2.15 bits per heavy atom. The number of furan rings is 1. The summed E-state index contributed by atoms with van der Waals surface area (Å²) >= 11 is 0. The van der Waals surface area contributed by atoms with Gasteiger partial charge in [0.1, 0.15) is 11.5 Å². The van der Waals surface area contributed by atoms with Gasteiger partial charge in [-0.3, -0.25) is 19.6 Å². The molecule has 0 aromatic carbocycles. The molecule has 3 aromatic rings. The first-order chi connectivity index (χ1) is 16.4. The van der Waals surface area contributed by atoms with Gasteiger partial charge in [-0.15, -0.1) is 0 Å². The van der Waals surface area contributed by atoms with Crippen molar-refractivity contribution in [1.82, 2.24) is 30.2 Å². The molecule has 0 unspecified atom stereocenters. The second-order valence-electron chi connectivity index (χ2n) is 8.09. The van der Waals surface area contributed by atoms with E-state index in [2.05, 4.69) is 44.2 Å². The normalized spacial score (nSPS) is 14.1. The number of hydrogen-bond acceptors (Lipinski definition) is 6. The first-order valence-corrected chi connectivity index (χ1v) is 10.7. The molecule has 1 aliphatic rings. The quantitative estimate of drug-likeness (QED) is 0.349. The average Bonchev–Trinajstić information content (AvgIpc) is 3.51. The number of H-pyrrole nitrogens is 1. The Morgan fingerprint density at radius 3 is 2.79 bits per heavy atom. The molecule has 0 atom stereocenters. The van der Waals surface area contributed by atoms with Gasteiger partial charge >= 0.3 is 6.03 Å². The van der Waals surface area contributed by atoms with Gasteiger partial charge in [0.15, 0.2) is 5.76 Å². The van der Waals surface area contributed by atoms with Gasteiger partial charge in [-0.05, 0) is 38.8 Å². The largest absolute Gasteiger partial charge is 0.451 e. The summed E-state index contributed by atoms with van der Waals surface area (Å²) < 4.78 is 7.41. The maximum atomic E-state index is 12.9. The predicted octanol–water partition coefficient (Wildman–Crippen LogP) is 3.32. The van der Waals surface area contributed by atoms with Crippen LogP contribution in [0.1, 0.15) is 36.1 Å². The van der Waals surface area contributed by atoms with Crippen LogP contribution in [0.3, 0.4) is 0 Å². The minimum absolute atomic E-state index is 0.0339. The SMILES string of the molecule is C=C/C=C(\N=C)c1nn(C2CN(C(=O)NC(C)C)C2)cc1NC(=O)c1ccc(-c2cn[nH]c2)o1. The number of hydrogen-bond donors (Lipinski definition) is 3. The number of amides is 3. The summed E-state index contributed by atoms with van der Waals surface area (Å²) in [5.74, 6) is 0.212. The molecule has 4 rings (SSSR count). The third-order valence-corrected chi connectivity index (χ3v) is 5.22. The molecule has 0 bridgehead atoms. The molecule has 176 valence electrons. The van der Waals surface area contributed by atoms with E-state index in [0.29, 0.717) is 35.9 Å². The van der Waals surface area contributed by atoms with Crippen LogP contribution in [-0.4, -0.2) is 62.7 Å². The van der Waals surface area contributed by atoms with Crippen LogP contribution in [0.15, 0.2) is 58.9 Å². The molecule has 0 spiro atoms. The third-order valence-electron chi connectivity index (χ3n) is 5.22. The minimum Gasteiger partial charge on any atom is -0.451 e. The second-order valence-corrected chi connectivity index (χ2v) is 8.09. The molecule has 0 saturated carbocycles. The van der Waals surface area contributed by atoms with Crippen molar-refractivity contribution < 1.29 is 14.0 Å². The topological polar surface area (TPSA) is 133 Å². The van der Waals surface area contributed by atoms with E-state index < -0.39 is 5.91 Å². The van der Waals surface area contributed by atoms with Gasteiger partial charge in [0.2, 0.25) is 0 Å². The Morgan fingerprint density at radius 1 is 1.35 bits per heavy atom. The molecular weight excluding hydrogens is 436 g/mol. The molecule has 1 fully saturated rings. The molecule has 1 aliphatic heterocycles. The predicted molar refractivity (Wildman–Crippen MR) is 128 cm³/mol. The van der Waals surface area contributed by atoms with Crippen LogP contribution in [0.4, 0.5) is 10.5 Å². The molecule has 4 heterocycles. The molecule has 0 aliphatic carbocycles. The fraction of sp³-hybridized carbons (Fsp3) is 0.261. The number of nitrogens with zero attached hydrogens (tertiary/aromatic N) is 5. The lowest BCUT2D eigenvalue weighted by molar-refractivity contribution is 0.0997. The van der Waals surface area contributed by atoms with Gasteiger partial charge in [0, 0.05) is 31.5 Å². The molecule has 3 amide bonds. The lowest BCUT2D eigenvalue weighted by Gasteiger charge is -2.39. The monoisotopic (exact) mass is 462 g/mol. The van der Waals surface area contributed by atoms with Gasteiger partial charge in [-0.1, -0.05) is 12.7 Å². The van der Waals surface area contributed by atoms with Crippen LogP contribution < -0.4 is 10.6 Å². The molecule has 3 aromatic heterocycles. The molecule has 11 nitrogen and oxygen atoms in total. The van der Waals surface area contributed by atoms with Crippen molar-refractivity contribution in [2.24, 2.45) is 4.99 Å². The fourth-order valence-corrected chi connectivity index (χ4v) is 3.49. The summed E-state index contributed by atoms with van der Waals surface area (Å²) in [6.07, 6.45) is 8.22. The lowest BCUT2D eigenvalue weighted by atomic mass is 10.1. The Balaban J connectivity index is 1.54. The molecular formula is C23H26N8O3. The highest BCUT2D eigenvalue weighted by Gasteiger charge is 2.33. The first kappa shape index (κ1) is 22.8. The fourth-order valence-electron chi connectivity index (χ4n) is 3.49. The van der Waals surface area contributed by atoms with Crippen LogP contribution in [0.2, 0.25) is 0 Å². The summed E-state index contributed by atoms with van der Waals surface area (Å²) in [6.45, 7) is 12.1. The first-order valence-electron chi connectivity index (χ1n) is 10.7. The Kier molecular flexibility index (Phi) is 6.44. The number of aliphatic imine (C=N–C) groups is 1. The van der Waals surface area contributed by atoms with Gasteiger partial charge < -0.3 is 20.0 Å². The van der Waals surface area contributed by atoms with Gasteiger partial charge in [0.25, 0.3) is 5.91 Å². The molecule has 0 radical (unpaired) electrons. The molecule has 34 heavy (non-hydrogen) atoms. The lowest BCUT2D eigenvalue weighted by Crippen LogP contribution is -2.55. The number of urea groups is 1. The number of likely N-dealkylation sites (tertiary alicyclic amines) is 1. The average molecular weight is 463 g/mol. The number of anilines is 1. The number of allylic oxidation sites excluding steroid dienone is 2. The van der Waals surface area contributed by atoms with Crippen molar-refractivity contribution in [2.75, 3.05) is 18.4 Å². The number of rotatable bonds is 8. The van der Waals surface area contributed by atoms with Crippen LogP contribution >= 0.6 is 0 Å². The zero-order valence-electron chi connectivity index (χ0n) is 19.0. The van der Waals surface area contributed by atoms with E-state index in [-0.39, 0.29) is 23.9 Å². The van der Waals surface area contributed by atoms with E-state index >= 15 is 0 Å². The van der Waals surface area contributed by atoms with E-state index in [4.69, 9.17) is 4.42 Å². The van der Waals surface area contributed by atoms with Crippen LogP contribution in [-0.2, 0) is 0 Å². The summed E-state index contributed by atoms with van der Waals surface area (Å²) in [5.41, 5.74) is 2.07. The Bertz CT molecular complexity index is 1230. The molecule has 1 saturated heterocycles. The van der Waals surface area contributed by atoms with Crippen molar-refractivity contribution >= 4 is 30.0 Å². The van der Waals surface area contributed by atoms with E-state index in [1.54, 1.807) is 52.5 Å². The van der Waals surface area contributed by atoms with Crippen molar-refractivity contribution in [3.05, 3.63) is 60.9 Å². The van der Waals surface area contributed by atoms with Gasteiger partial charge in [-0.25, -0.2) is 4.79 Å². The maximum absolute atomic E-state index is 12.9. The zero-order valence-corrected chi connectivity index (χ0v) is 19.0. The number of carbonyl (C=O) groups is 2. The number of aromatic amines is 1. The second kappa shape index (κ2) is 9.61. The molecule has 11 heteroatoms. The van der Waals surface area contributed by atoms with E-state index in [1.165, 1.54) is 0 Å². The summed E-state index contributed by atoms with van der Waals surface area (Å²) in [5, 5.41) is 16.9. The third kappa shape index (κ3) is 4.68. The Hall–Kier alpha value is -4.41. The van der Waals surface area contributed by atoms with Crippen LogP contribution in [0.25, 0.3) is 17.0 Å². The standard InChI is InChI=1S/C23H26N8O3/c1-5-6-17(24-4)21-18(13-31(29-21)16-11-30(12-16)23(33)27-14(2)3)28-22(32)20-8-7-19(34-20)15-9-25-26-10-15/h5-10,13-14,16H,1,4,11-12H2,2-3H3,(H,25,26)(H,27,33)(H,28,32)/b17-6-. The van der Waals surface area contributed by atoms with Crippen molar-refractivity contribution in [1.29, 1.82) is 0 Å². The smallest absolute Gasteiger partial charge is 0.317 e. The van der Waals surface area contributed by atoms with Crippen molar-refractivity contribution in [3.63, 3.8) is 0 Å². The van der Waals surface area contributed by atoms with Gasteiger partial charge in [-0.2, -0.15) is 10.2 Å².